The summed E-state index contributed by atoms with van der Waals surface area (Å²) in [6.07, 6.45) is 3.61. The van der Waals surface area contributed by atoms with E-state index >= 15 is 0 Å². The van der Waals surface area contributed by atoms with Gasteiger partial charge < -0.3 is 0 Å². The van der Waals surface area contributed by atoms with Gasteiger partial charge in [-0.15, -0.1) is 0 Å². The van der Waals surface area contributed by atoms with Gasteiger partial charge in [0.1, 0.15) is 5.52 Å². The predicted octanol–water partition coefficient (Wildman–Crippen LogP) is 1.57. The molecule has 0 unspecified atom stereocenters. The maximum atomic E-state index is 4.21. The molecule has 0 amide bonds. The lowest BCUT2D eigenvalue weighted by molar-refractivity contribution is 1.11. The van der Waals surface area contributed by atoms with Crippen LogP contribution in [-0.4, -0.2) is 15.2 Å². The van der Waals surface area contributed by atoms with Crippen LogP contribution in [0, 0.1) is 13.8 Å². The van der Waals surface area contributed by atoms with E-state index < -0.39 is 0 Å². The molecule has 2 aromatic heterocycles. The van der Waals surface area contributed by atoms with Crippen LogP contribution in [0.2, 0.25) is 0 Å². The highest BCUT2D eigenvalue weighted by Crippen LogP contribution is 2.15. The summed E-state index contributed by atoms with van der Waals surface area (Å²) in [5.41, 5.74) is 4.41. The van der Waals surface area contributed by atoms with Crippen LogP contribution in [0.1, 0.15) is 11.1 Å². The van der Waals surface area contributed by atoms with Crippen molar-refractivity contribution in [2.24, 2.45) is 0 Å². The molecule has 11 heavy (non-hydrogen) atoms. The van der Waals surface area contributed by atoms with Gasteiger partial charge in [-0.3, -0.25) is 10.1 Å². The van der Waals surface area contributed by atoms with Crippen molar-refractivity contribution < 1.29 is 0 Å². The van der Waals surface area contributed by atoms with Crippen LogP contribution in [0.25, 0.3) is 11.0 Å². The molecule has 2 aromatic rings. The quantitative estimate of drug-likeness (QED) is 0.614. The van der Waals surface area contributed by atoms with Crippen molar-refractivity contribution >= 4 is 11.0 Å². The zero-order chi connectivity index (χ0) is 7.84. The minimum atomic E-state index is 0.938. The van der Waals surface area contributed by atoms with Gasteiger partial charge in [-0.1, -0.05) is 0 Å². The molecule has 0 aromatic carbocycles. The number of nitrogens with one attached hydrogen (secondary N) is 1. The maximum Gasteiger partial charge on any atom is 0.108 e. The highest BCUT2D eigenvalue weighted by atomic mass is 15.1. The molecule has 0 fully saturated rings. The summed E-state index contributed by atoms with van der Waals surface area (Å²) in [6.45, 7) is 4.11. The van der Waals surface area contributed by atoms with Gasteiger partial charge in [0.25, 0.3) is 0 Å². The van der Waals surface area contributed by atoms with Crippen molar-refractivity contribution in [2.45, 2.75) is 13.8 Å². The summed E-state index contributed by atoms with van der Waals surface area (Å²) in [5, 5.41) is 6.83. The number of hydrogen-bond donors (Lipinski definition) is 1. The van der Waals surface area contributed by atoms with E-state index in [-0.39, 0.29) is 0 Å². The molecule has 0 radical (unpaired) electrons. The number of H-pyrrole nitrogens is 1. The Bertz CT molecular complexity index is 389. The van der Waals surface area contributed by atoms with Gasteiger partial charge in [0.2, 0.25) is 0 Å². The number of fused-ring (bicyclic) bond motifs is 1. The fourth-order valence-electron chi connectivity index (χ4n) is 1.11. The molecule has 3 heteroatoms. The van der Waals surface area contributed by atoms with E-state index in [1.165, 1.54) is 11.1 Å². The Morgan fingerprint density at radius 3 is 2.91 bits per heavy atom. The molecule has 0 saturated carbocycles. The molecule has 0 spiro atoms. The van der Waals surface area contributed by atoms with Crippen LogP contribution in [0.15, 0.2) is 12.4 Å². The van der Waals surface area contributed by atoms with E-state index in [1.54, 1.807) is 6.20 Å². The number of pyridine rings is 1. The van der Waals surface area contributed by atoms with Crippen molar-refractivity contribution in [1.82, 2.24) is 15.2 Å². The summed E-state index contributed by atoms with van der Waals surface area (Å²) < 4.78 is 0. The summed E-state index contributed by atoms with van der Waals surface area (Å²) in [6, 6.07) is 0. The Balaban J connectivity index is 2.93. The third kappa shape index (κ3) is 0.808. The summed E-state index contributed by atoms with van der Waals surface area (Å²) >= 11 is 0. The highest BCUT2D eigenvalue weighted by Gasteiger charge is 2.01. The molecule has 1 N–H and O–H groups in total. The first kappa shape index (κ1) is 6.34. The Morgan fingerprint density at radius 1 is 1.27 bits per heavy atom. The highest BCUT2D eigenvalue weighted by molar-refractivity contribution is 5.77. The number of aromatic nitrogens is 3. The standard InChI is InChI=1S/C8H9N3/c1-5-3-9-7-4-10-11-8(7)6(5)2/h3-4H,1-2H3,(H,10,11). The van der Waals surface area contributed by atoms with Gasteiger partial charge >= 0.3 is 0 Å². The summed E-state index contributed by atoms with van der Waals surface area (Å²) in [4.78, 5) is 4.21. The fourth-order valence-corrected chi connectivity index (χ4v) is 1.11. The molecule has 56 valence electrons. The first-order valence-corrected chi connectivity index (χ1v) is 3.54. The molecule has 3 nitrogen and oxygen atoms in total. The van der Waals surface area contributed by atoms with Crippen LogP contribution in [0.3, 0.4) is 0 Å². The SMILES string of the molecule is Cc1cnc2cn[nH]c2c1C. The maximum absolute atomic E-state index is 4.21. The Morgan fingerprint density at radius 2 is 2.09 bits per heavy atom. The number of hydrogen-bond acceptors (Lipinski definition) is 2. The van der Waals surface area contributed by atoms with Crippen molar-refractivity contribution in [3.63, 3.8) is 0 Å². The second-order valence-electron chi connectivity index (χ2n) is 2.70. The zero-order valence-corrected chi connectivity index (χ0v) is 6.55. The largest absolute Gasteiger partial charge is 0.276 e. The number of aryl methyl sites for hydroxylation is 2. The van der Waals surface area contributed by atoms with Crippen LogP contribution in [0.4, 0.5) is 0 Å². The third-order valence-electron chi connectivity index (χ3n) is 1.98. The van der Waals surface area contributed by atoms with E-state index in [4.69, 9.17) is 0 Å². The molecule has 0 atom stereocenters. The number of rotatable bonds is 0. The van der Waals surface area contributed by atoms with Gasteiger partial charge in [0.15, 0.2) is 0 Å². The van der Waals surface area contributed by atoms with Crippen molar-refractivity contribution in [2.75, 3.05) is 0 Å². The molecule has 2 heterocycles. The third-order valence-corrected chi connectivity index (χ3v) is 1.98. The molecule has 0 aliphatic heterocycles. The molecule has 0 bridgehead atoms. The second kappa shape index (κ2) is 2.05. The fraction of sp³-hybridized carbons (Fsp3) is 0.250. The first-order chi connectivity index (χ1) is 5.29. The average molecular weight is 147 g/mol. The van der Waals surface area contributed by atoms with Gasteiger partial charge in [0.05, 0.1) is 11.7 Å². The van der Waals surface area contributed by atoms with Gasteiger partial charge in [-0.25, -0.2) is 0 Å². The Labute approximate surface area is 64.5 Å². The zero-order valence-electron chi connectivity index (χ0n) is 6.55. The van der Waals surface area contributed by atoms with Gasteiger partial charge in [-0.05, 0) is 25.0 Å². The first-order valence-electron chi connectivity index (χ1n) is 3.54. The van der Waals surface area contributed by atoms with E-state index in [2.05, 4.69) is 22.1 Å². The van der Waals surface area contributed by atoms with Gasteiger partial charge in [0, 0.05) is 6.20 Å². The van der Waals surface area contributed by atoms with E-state index in [0.717, 1.165) is 11.0 Å². The lowest BCUT2D eigenvalue weighted by atomic mass is 10.1. The monoisotopic (exact) mass is 147 g/mol. The van der Waals surface area contributed by atoms with Crippen LogP contribution in [0.5, 0.6) is 0 Å². The van der Waals surface area contributed by atoms with Crippen LogP contribution < -0.4 is 0 Å². The van der Waals surface area contributed by atoms with E-state index in [1.807, 2.05) is 13.1 Å². The van der Waals surface area contributed by atoms with Crippen LogP contribution >= 0.6 is 0 Å². The summed E-state index contributed by atoms with van der Waals surface area (Å²) in [5.74, 6) is 0. The topological polar surface area (TPSA) is 41.6 Å². The van der Waals surface area contributed by atoms with Crippen molar-refractivity contribution in [3.8, 4) is 0 Å². The lowest BCUT2D eigenvalue weighted by Gasteiger charge is -1.97. The predicted molar refractivity (Wildman–Crippen MR) is 43.4 cm³/mol. The van der Waals surface area contributed by atoms with E-state index in [9.17, 15) is 0 Å². The molecule has 0 saturated heterocycles. The number of nitrogens with zero attached hydrogens (tertiary/aromatic N) is 2. The molecular formula is C8H9N3. The van der Waals surface area contributed by atoms with Crippen molar-refractivity contribution in [1.29, 1.82) is 0 Å². The molecule has 0 aliphatic carbocycles. The van der Waals surface area contributed by atoms with E-state index in [0.29, 0.717) is 0 Å². The Hall–Kier alpha value is -1.38. The molecule has 2 rings (SSSR count). The molecule has 0 aliphatic rings. The smallest absolute Gasteiger partial charge is 0.108 e. The lowest BCUT2D eigenvalue weighted by Crippen LogP contribution is -1.84. The second-order valence-corrected chi connectivity index (χ2v) is 2.70. The average Bonchev–Trinajstić information content (AvgIpc) is 2.45. The number of aromatic amines is 1. The Kier molecular flexibility index (Phi) is 1.18. The summed E-state index contributed by atoms with van der Waals surface area (Å²) in [7, 11) is 0. The van der Waals surface area contributed by atoms with Gasteiger partial charge in [-0.2, -0.15) is 5.10 Å². The molecular weight excluding hydrogens is 138 g/mol. The minimum absolute atomic E-state index is 0.938. The normalized spacial score (nSPS) is 10.7. The van der Waals surface area contributed by atoms with Crippen molar-refractivity contribution in [3.05, 3.63) is 23.5 Å². The minimum Gasteiger partial charge on any atom is -0.276 e. The van der Waals surface area contributed by atoms with Crippen LogP contribution in [-0.2, 0) is 0 Å².